The molecule has 0 amide bonds. The molecule has 2 N–H and O–H groups in total. The number of hydrogen-bond donors (Lipinski definition) is 2. The summed E-state index contributed by atoms with van der Waals surface area (Å²) in [7, 11) is 0. The fourth-order valence-corrected chi connectivity index (χ4v) is 2.76. The minimum atomic E-state index is -0.215. The predicted molar refractivity (Wildman–Crippen MR) is 73.9 cm³/mol. The van der Waals surface area contributed by atoms with Crippen LogP contribution in [0, 0.1) is 12.7 Å². The van der Waals surface area contributed by atoms with Crippen LogP contribution >= 0.6 is 0 Å². The Balaban J connectivity index is 1.89. The zero-order chi connectivity index (χ0) is 13.4. The largest absolute Gasteiger partial charge is 0.508 e. The van der Waals surface area contributed by atoms with E-state index >= 15 is 0 Å². The van der Waals surface area contributed by atoms with E-state index in [2.05, 4.69) is 5.32 Å². The number of anilines is 1. The van der Waals surface area contributed by atoms with Gasteiger partial charge in [-0.25, -0.2) is 4.39 Å². The fraction of sp³-hybridized carbons (Fsp3) is 0.250. The van der Waals surface area contributed by atoms with Gasteiger partial charge in [-0.2, -0.15) is 0 Å². The standard InChI is InChI=1S/C16H16FNO/c1-10-9-11(17)5-7-14(10)18-15-8-6-13-12(15)3-2-4-16(13)19/h2-5,7,9,15,18-19H,6,8H2,1H3. The minimum Gasteiger partial charge on any atom is -0.508 e. The van der Waals surface area contributed by atoms with Crippen molar-refractivity contribution in [2.24, 2.45) is 0 Å². The first-order valence-electron chi connectivity index (χ1n) is 6.48. The van der Waals surface area contributed by atoms with Gasteiger partial charge in [0.05, 0.1) is 6.04 Å². The van der Waals surface area contributed by atoms with Crippen molar-refractivity contribution < 1.29 is 9.50 Å². The van der Waals surface area contributed by atoms with Gasteiger partial charge in [-0.3, -0.25) is 0 Å². The van der Waals surface area contributed by atoms with Crippen LogP contribution in [0.4, 0.5) is 10.1 Å². The second-order valence-electron chi connectivity index (χ2n) is 5.04. The van der Waals surface area contributed by atoms with Gasteiger partial charge in [0.25, 0.3) is 0 Å². The van der Waals surface area contributed by atoms with Gasteiger partial charge in [0.2, 0.25) is 0 Å². The molecule has 2 nitrogen and oxygen atoms in total. The van der Waals surface area contributed by atoms with Crippen molar-refractivity contribution in [2.45, 2.75) is 25.8 Å². The maximum atomic E-state index is 13.1. The number of aromatic hydroxyl groups is 1. The Hall–Kier alpha value is -2.03. The van der Waals surface area contributed by atoms with E-state index in [4.69, 9.17) is 0 Å². The topological polar surface area (TPSA) is 32.3 Å². The molecule has 0 fully saturated rings. The first kappa shape index (κ1) is 12.0. The lowest BCUT2D eigenvalue weighted by atomic mass is 10.1. The Kier molecular flexibility index (Phi) is 2.90. The molecule has 2 aromatic carbocycles. The van der Waals surface area contributed by atoms with Crippen molar-refractivity contribution >= 4 is 5.69 Å². The highest BCUT2D eigenvalue weighted by molar-refractivity contribution is 5.55. The van der Waals surface area contributed by atoms with Gasteiger partial charge >= 0.3 is 0 Å². The molecule has 1 atom stereocenters. The summed E-state index contributed by atoms with van der Waals surface area (Å²) in [4.78, 5) is 0. The lowest BCUT2D eigenvalue weighted by Gasteiger charge is -2.17. The van der Waals surface area contributed by atoms with Gasteiger partial charge in [-0.1, -0.05) is 12.1 Å². The number of phenols is 1. The SMILES string of the molecule is Cc1cc(F)ccc1NC1CCc2c(O)cccc21. The van der Waals surface area contributed by atoms with Crippen molar-refractivity contribution in [1.29, 1.82) is 0 Å². The van der Waals surface area contributed by atoms with Crippen molar-refractivity contribution in [3.05, 3.63) is 58.9 Å². The van der Waals surface area contributed by atoms with Gasteiger partial charge in [0, 0.05) is 5.69 Å². The molecule has 0 heterocycles. The molecule has 0 spiro atoms. The van der Waals surface area contributed by atoms with Crippen LogP contribution in [0.2, 0.25) is 0 Å². The number of phenolic OH excluding ortho intramolecular Hbond substituents is 1. The molecular formula is C16H16FNO. The second-order valence-corrected chi connectivity index (χ2v) is 5.04. The van der Waals surface area contributed by atoms with E-state index in [1.54, 1.807) is 12.1 Å². The Labute approximate surface area is 111 Å². The van der Waals surface area contributed by atoms with Gasteiger partial charge in [0.15, 0.2) is 0 Å². The van der Waals surface area contributed by atoms with Crippen LogP contribution in [-0.4, -0.2) is 5.11 Å². The Morgan fingerprint density at radius 3 is 2.89 bits per heavy atom. The van der Waals surface area contributed by atoms with E-state index in [0.717, 1.165) is 35.2 Å². The summed E-state index contributed by atoms with van der Waals surface area (Å²) >= 11 is 0. The van der Waals surface area contributed by atoms with E-state index in [0.29, 0.717) is 5.75 Å². The van der Waals surface area contributed by atoms with Crippen molar-refractivity contribution in [3.63, 3.8) is 0 Å². The Bertz CT molecular complexity index is 624. The molecule has 0 saturated heterocycles. The van der Waals surface area contributed by atoms with Crippen LogP contribution in [0.1, 0.15) is 29.2 Å². The fourth-order valence-electron chi connectivity index (χ4n) is 2.76. The third-order valence-corrected chi connectivity index (χ3v) is 3.76. The molecule has 0 aromatic heterocycles. The summed E-state index contributed by atoms with van der Waals surface area (Å²) in [5, 5.41) is 13.3. The van der Waals surface area contributed by atoms with E-state index < -0.39 is 0 Å². The van der Waals surface area contributed by atoms with Crippen LogP contribution in [0.15, 0.2) is 36.4 Å². The molecule has 0 radical (unpaired) electrons. The van der Waals surface area contributed by atoms with Crippen molar-refractivity contribution in [1.82, 2.24) is 0 Å². The van der Waals surface area contributed by atoms with E-state index in [1.807, 2.05) is 19.1 Å². The quantitative estimate of drug-likeness (QED) is 0.854. The van der Waals surface area contributed by atoms with Crippen molar-refractivity contribution in [3.8, 4) is 5.75 Å². The zero-order valence-electron chi connectivity index (χ0n) is 10.8. The van der Waals surface area contributed by atoms with Crippen LogP contribution in [-0.2, 0) is 6.42 Å². The number of rotatable bonds is 2. The molecule has 19 heavy (non-hydrogen) atoms. The molecule has 0 aliphatic heterocycles. The normalized spacial score (nSPS) is 17.3. The first-order valence-corrected chi connectivity index (χ1v) is 6.48. The molecule has 1 aliphatic rings. The molecule has 98 valence electrons. The minimum absolute atomic E-state index is 0.186. The predicted octanol–water partition coefficient (Wildman–Crippen LogP) is 3.94. The van der Waals surface area contributed by atoms with Crippen LogP contribution in [0.25, 0.3) is 0 Å². The smallest absolute Gasteiger partial charge is 0.123 e. The number of halogens is 1. The van der Waals surface area contributed by atoms with Gasteiger partial charge in [0.1, 0.15) is 11.6 Å². The summed E-state index contributed by atoms with van der Waals surface area (Å²) in [5.74, 6) is 0.158. The Morgan fingerprint density at radius 1 is 1.26 bits per heavy atom. The van der Waals surface area contributed by atoms with Crippen LogP contribution < -0.4 is 5.32 Å². The number of nitrogens with one attached hydrogen (secondary N) is 1. The van der Waals surface area contributed by atoms with Gasteiger partial charge in [-0.15, -0.1) is 0 Å². The molecule has 0 bridgehead atoms. The molecule has 0 saturated carbocycles. The Morgan fingerprint density at radius 2 is 2.11 bits per heavy atom. The monoisotopic (exact) mass is 257 g/mol. The zero-order valence-corrected chi connectivity index (χ0v) is 10.8. The molecule has 3 heteroatoms. The molecule has 3 rings (SSSR count). The summed E-state index contributed by atoms with van der Waals surface area (Å²) in [6.45, 7) is 1.89. The molecule has 1 aliphatic carbocycles. The molecule has 1 unspecified atom stereocenters. The lowest BCUT2D eigenvalue weighted by molar-refractivity contribution is 0.469. The van der Waals surface area contributed by atoms with E-state index in [9.17, 15) is 9.50 Å². The molecule has 2 aromatic rings. The lowest BCUT2D eigenvalue weighted by Crippen LogP contribution is -2.08. The van der Waals surface area contributed by atoms with Crippen LogP contribution in [0.5, 0.6) is 5.75 Å². The van der Waals surface area contributed by atoms with Crippen molar-refractivity contribution in [2.75, 3.05) is 5.32 Å². The van der Waals surface area contributed by atoms with Gasteiger partial charge in [-0.05, 0) is 60.7 Å². The average Bonchev–Trinajstić information content (AvgIpc) is 2.78. The number of benzene rings is 2. The number of hydrogen-bond acceptors (Lipinski definition) is 2. The highest BCUT2D eigenvalue weighted by Crippen LogP contribution is 2.38. The molecular weight excluding hydrogens is 241 g/mol. The average molecular weight is 257 g/mol. The highest BCUT2D eigenvalue weighted by atomic mass is 19.1. The summed E-state index contributed by atoms with van der Waals surface area (Å²) < 4.78 is 13.1. The van der Waals surface area contributed by atoms with Crippen LogP contribution in [0.3, 0.4) is 0 Å². The maximum absolute atomic E-state index is 13.1. The summed E-state index contributed by atoms with van der Waals surface area (Å²) in [5.41, 5.74) is 4.01. The van der Waals surface area contributed by atoms with E-state index in [1.165, 1.54) is 12.1 Å². The maximum Gasteiger partial charge on any atom is 0.123 e. The summed E-state index contributed by atoms with van der Waals surface area (Å²) in [6, 6.07) is 10.6. The second kappa shape index (κ2) is 4.57. The van der Waals surface area contributed by atoms with E-state index in [-0.39, 0.29) is 11.9 Å². The van der Waals surface area contributed by atoms with Gasteiger partial charge < -0.3 is 10.4 Å². The summed E-state index contributed by atoms with van der Waals surface area (Å²) in [6.07, 6.45) is 1.82. The number of fused-ring (bicyclic) bond motifs is 1. The number of aryl methyl sites for hydroxylation is 1. The third-order valence-electron chi connectivity index (χ3n) is 3.76. The first-order chi connectivity index (χ1) is 9.15. The highest BCUT2D eigenvalue weighted by Gasteiger charge is 2.24. The third kappa shape index (κ3) is 2.16.